The SMILES string of the molecule is CC(C)Oc1cnccc1-c1ccc(N)c([NH2+][O-])c1.O. The fourth-order valence-electron chi connectivity index (χ4n) is 1.81. The van der Waals surface area contributed by atoms with Crippen LogP contribution in [0.4, 0.5) is 11.4 Å². The van der Waals surface area contributed by atoms with Gasteiger partial charge < -0.3 is 26.6 Å². The minimum Gasteiger partial charge on any atom is -0.630 e. The van der Waals surface area contributed by atoms with E-state index in [4.69, 9.17) is 10.5 Å². The third-order valence-electron chi connectivity index (χ3n) is 2.67. The first-order chi connectivity index (χ1) is 9.11. The van der Waals surface area contributed by atoms with E-state index in [1.165, 1.54) is 0 Å². The Morgan fingerprint density at radius 1 is 1.30 bits per heavy atom. The number of pyridine rings is 1. The first-order valence-electron chi connectivity index (χ1n) is 6.07. The van der Waals surface area contributed by atoms with Gasteiger partial charge in [0.2, 0.25) is 0 Å². The molecule has 0 saturated heterocycles. The van der Waals surface area contributed by atoms with E-state index in [1.54, 1.807) is 24.5 Å². The van der Waals surface area contributed by atoms with Crippen LogP contribution in [0.2, 0.25) is 0 Å². The van der Waals surface area contributed by atoms with Crippen molar-refractivity contribution in [1.82, 2.24) is 4.98 Å². The van der Waals surface area contributed by atoms with Gasteiger partial charge in [-0.3, -0.25) is 4.98 Å². The van der Waals surface area contributed by atoms with Gasteiger partial charge in [-0.25, -0.2) is 0 Å². The highest BCUT2D eigenvalue weighted by atomic mass is 16.5. The van der Waals surface area contributed by atoms with Crippen molar-refractivity contribution in [2.24, 2.45) is 0 Å². The maximum Gasteiger partial charge on any atom is 0.153 e. The number of rotatable bonds is 4. The molecule has 2 aromatic rings. The van der Waals surface area contributed by atoms with E-state index in [0.717, 1.165) is 16.6 Å². The molecule has 1 aromatic carbocycles. The van der Waals surface area contributed by atoms with Crippen LogP contribution in [0.5, 0.6) is 5.75 Å². The number of nitrogens with two attached hydrogens (primary N) is 2. The van der Waals surface area contributed by atoms with Gasteiger partial charge in [-0.1, -0.05) is 6.07 Å². The average molecular weight is 277 g/mol. The molecule has 0 aliphatic heterocycles. The highest BCUT2D eigenvalue weighted by molar-refractivity contribution is 5.75. The average Bonchev–Trinajstić information content (AvgIpc) is 2.39. The van der Waals surface area contributed by atoms with Crippen molar-refractivity contribution in [3.05, 3.63) is 41.9 Å². The normalized spacial score (nSPS) is 10.2. The zero-order valence-corrected chi connectivity index (χ0v) is 11.5. The van der Waals surface area contributed by atoms with Crippen LogP contribution in [-0.2, 0) is 0 Å². The Kier molecular flexibility index (Phi) is 5.45. The lowest BCUT2D eigenvalue weighted by Crippen LogP contribution is -2.70. The number of aromatic nitrogens is 1. The number of hydrogen-bond acceptors (Lipinski definition) is 4. The Labute approximate surface area is 117 Å². The predicted molar refractivity (Wildman–Crippen MR) is 78.4 cm³/mol. The van der Waals surface area contributed by atoms with Crippen LogP contribution in [-0.4, -0.2) is 16.6 Å². The predicted octanol–water partition coefficient (Wildman–Crippen LogP) is 0.986. The largest absolute Gasteiger partial charge is 0.630 e. The third kappa shape index (κ3) is 3.45. The van der Waals surface area contributed by atoms with Gasteiger partial charge in [-0.15, -0.1) is 0 Å². The fourth-order valence-corrected chi connectivity index (χ4v) is 1.81. The first-order valence-corrected chi connectivity index (χ1v) is 6.07. The smallest absolute Gasteiger partial charge is 0.153 e. The molecular weight excluding hydrogens is 258 g/mol. The minimum atomic E-state index is 0. The van der Waals surface area contributed by atoms with Crippen LogP contribution in [0.25, 0.3) is 11.1 Å². The fraction of sp³-hybridized carbons (Fsp3) is 0.214. The Balaban J connectivity index is 0.00000200. The number of benzene rings is 1. The molecule has 6 N–H and O–H groups in total. The molecular formula is C14H19N3O3. The molecule has 0 unspecified atom stereocenters. The molecule has 2 rings (SSSR count). The molecule has 6 nitrogen and oxygen atoms in total. The van der Waals surface area contributed by atoms with Crippen molar-refractivity contribution in [1.29, 1.82) is 0 Å². The molecule has 0 atom stereocenters. The van der Waals surface area contributed by atoms with E-state index in [-0.39, 0.29) is 11.6 Å². The minimum absolute atomic E-state index is 0. The summed E-state index contributed by atoms with van der Waals surface area (Å²) in [6.07, 6.45) is 3.42. The lowest BCUT2D eigenvalue weighted by Gasteiger charge is -2.14. The van der Waals surface area contributed by atoms with Gasteiger partial charge in [0.15, 0.2) is 5.69 Å². The summed E-state index contributed by atoms with van der Waals surface area (Å²) in [5, 5.41) is 10.9. The number of hydrogen-bond donors (Lipinski definition) is 2. The number of nitrogens with zero attached hydrogens (tertiary/aromatic N) is 1. The lowest BCUT2D eigenvalue weighted by molar-refractivity contribution is -0.496. The molecule has 0 aliphatic rings. The highest BCUT2D eigenvalue weighted by Crippen LogP contribution is 2.32. The molecule has 0 aliphatic carbocycles. The van der Waals surface area contributed by atoms with Crippen molar-refractivity contribution in [3.8, 4) is 16.9 Å². The van der Waals surface area contributed by atoms with Crippen molar-refractivity contribution in [3.63, 3.8) is 0 Å². The molecule has 0 fully saturated rings. The number of anilines is 1. The summed E-state index contributed by atoms with van der Waals surface area (Å²) in [4.78, 5) is 4.06. The van der Waals surface area contributed by atoms with Gasteiger partial charge in [0.05, 0.1) is 18.0 Å². The summed E-state index contributed by atoms with van der Waals surface area (Å²) >= 11 is 0. The van der Waals surface area contributed by atoms with Gasteiger partial charge in [0.25, 0.3) is 0 Å². The van der Waals surface area contributed by atoms with Crippen LogP contribution in [0, 0.1) is 5.21 Å². The highest BCUT2D eigenvalue weighted by Gasteiger charge is 2.10. The first kappa shape index (κ1) is 15.9. The van der Waals surface area contributed by atoms with E-state index < -0.39 is 0 Å². The second kappa shape index (κ2) is 6.85. The van der Waals surface area contributed by atoms with Crippen LogP contribution in [0.1, 0.15) is 13.8 Å². The zero-order valence-electron chi connectivity index (χ0n) is 11.5. The second-order valence-electron chi connectivity index (χ2n) is 4.50. The van der Waals surface area contributed by atoms with Crippen LogP contribution >= 0.6 is 0 Å². The van der Waals surface area contributed by atoms with Gasteiger partial charge >= 0.3 is 0 Å². The summed E-state index contributed by atoms with van der Waals surface area (Å²) in [7, 11) is 0. The van der Waals surface area contributed by atoms with Crippen molar-refractivity contribution < 1.29 is 15.7 Å². The Bertz CT molecular complexity index is 573. The Morgan fingerprint density at radius 2 is 2.05 bits per heavy atom. The van der Waals surface area contributed by atoms with E-state index >= 15 is 0 Å². The number of nitrogen functional groups attached to an aromatic ring is 1. The Hall–Kier alpha value is -2.15. The van der Waals surface area contributed by atoms with E-state index in [9.17, 15) is 5.21 Å². The molecule has 0 bridgehead atoms. The second-order valence-corrected chi connectivity index (χ2v) is 4.50. The van der Waals surface area contributed by atoms with Crippen molar-refractivity contribution in [2.45, 2.75) is 20.0 Å². The quantitative estimate of drug-likeness (QED) is 0.639. The molecule has 1 heterocycles. The third-order valence-corrected chi connectivity index (χ3v) is 2.67. The molecule has 1 aromatic heterocycles. The summed E-state index contributed by atoms with van der Waals surface area (Å²) in [5.74, 6) is 0.694. The van der Waals surface area contributed by atoms with Crippen molar-refractivity contribution in [2.75, 3.05) is 5.73 Å². The van der Waals surface area contributed by atoms with Gasteiger partial charge in [-0.05, 0) is 31.5 Å². The van der Waals surface area contributed by atoms with Crippen LogP contribution in [0.15, 0.2) is 36.7 Å². The summed E-state index contributed by atoms with van der Waals surface area (Å²) < 4.78 is 5.72. The molecule has 20 heavy (non-hydrogen) atoms. The van der Waals surface area contributed by atoms with Crippen molar-refractivity contribution >= 4 is 11.4 Å². The summed E-state index contributed by atoms with van der Waals surface area (Å²) in [5.41, 5.74) is 9.20. The van der Waals surface area contributed by atoms with E-state index in [2.05, 4.69) is 4.98 Å². The molecule has 108 valence electrons. The summed E-state index contributed by atoms with van der Waals surface area (Å²) in [6, 6.07) is 7.20. The topological polar surface area (TPSA) is 119 Å². The standard InChI is InChI=1S/C14H17N3O2.H2O/c1-9(2)19-14-8-16-6-5-11(14)10-3-4-12(15)13(7-10)17-18;/h3-9H,15,17H2,1-2H3;1H2. The Morgan fingerprint density at radius 3 is 2.70 bits per heavy atom. The van der Waals surface area contributed by atoms with Crippen LogP contribution < -0.4 is 16.0 Å². The van der Waals surface area contributed by atoms with Gasteiger partial charge in [-0.2, -0.15) is 0 Å². The zero-order chi connectivity index (χ0) is 13.8. The van der Waals surface area contributed by atoms with E-state index in [1.807, 2.05) is 26.0 Å². The molecule has 0 spiro atoms. The number of quaternary nitrogens is 1. The van der Waals surface area contributed by atoms with Gasteiger partial charge in [0, 0.05) is 17.8 Å². The van der Waals surface area contributed by atoms with Crippen LogP contribution in [0.3, 0.4) is 0 Å². The van der Waals surface area contributed by atoms with Gasteiger partial charge in [0.1, 0.15) is 5.75 Å². The maximum atomic E-state index is 10.9. The molecule has 6 heteroatoms. The maximum absolute atomic E-state index is 10.9. The summed E-state index contributed by atoms with van der Waals surface area (Å²) in [6.45, 7) is 3.91. The molecule has 0 radical (unpaired) electrons. The monoisotopic (exact) mass is 277 g/mol. The number of ether oxygens (including phenoxy) is 1. The lowest BCUT2D eigenvalue weighted by atomic mass is 10.0. The van der Waals surface area contributed by atoms with E-state index in [0.29, 0.717) is 17.1 Å². The molecule has 0 amide bonds. The molecule has 0 saturated carbocycles.